The summed E-state index contributed by atoms with van der Waals surface area (Å²) in [5.41, 5.74) is -2.42. The maximum Gasteiger partial charge on any atom is 0.320 e. The Hall–Kier alpha value is -3.80. The molecule has 0 radical (unpaired) electrons. The van der Waals surface area contributed by atoms with E-state index in [1.165, 1.54) is 6.07 Å². The average molecular weight is 397 g/mol. The number of hydrogen-bond donors (Lipinski definition) is 1. The lowest BCUT2D eigenvalue weighted by Gasteiger charge is -2.08. The fourth-order valence-electron chi connectivity index (χ4n) is 2.15. The topological polar surface area (TPSA) is 168 Å². The first-order valence-corrected chi connectivity index (χ1v) is 7.29. The molecule has 0 fully saturated rings. The maximum atomic E-state index is 12.3. The third-order valence-electron chi connectivity index (χ3n) is 3.31. The highest BCUT2D eigenvalue weighted by Crippen LogP contribution is 2.39. The molecular weight excluding hydrogens is 388 g/mol. The van der Waals surface area contributed by atoms with Gasteiger partial charge >= 0.3 is 11.4 Å². The highest BCUT2D eigenvalue weighted by molar-refractivity contribution is 6.32. The number of carbonyl (C=O) groups is 1. The summed E-state index contributed by atoms with van der Waals surface area (Å²) in [4.78, 5) is 42.8. The highest BCUT2D eigenvalue weighted by Gasteiger charge is 2.28. The lowest BCUT2D eigenvalue weighted by atomic mass is 10.1. The van der Waals surface area contributed by atoms with E-state index in [0.717, 1.165) is 31.4 Å². The molecule has 0 aliphatic heterocycles. The van der Waals surface area contributed by atoms with E-state index < -0.39 is 43.5 Å². The maximum absolute atomic E-state index is 12.3. The van der Waals surface area contributed by atoms with Crippen LogP contribution in [0.4, 0.5) is 22.7 Å². The van der Waals surface area contributed by atoms with Crippen LogP contribution in [-0.4, -0.2) is 27.8 Å². The molecule has 0 aliphatic rings. The Bertz CT molecular complexity index is 943. The number of hydrogen-bond acceptors (Lipinski definition) is 8. The Morgan fingerprint density at radius 3 is 1.93 bits per heavy atom. The molecule has 0 atom stereocenters. The second kappa shape index (κ2) is 7.61. The molecule has 1 N–H and O–H groups in total. The lowest BCUT2D eigenvalue weighted by molar-refractivity contribution is -0.395. The molecule has 0 saturated heterocycles. The molecule has 2 aromatic carbocycles. The Balaban J connectivity index is 2.46. The zero-order valence-corrected chi connectivity index (χ0v) is 14.1. The molecule has 12 nitrogen and oxygen atoms in total. The van der Waals surface area contributed by atoms with Crippen molar-refractivity contribution in [2.45, 2.75) is 0 Å². The summed E-state index contributed by atoms with van der Waals surface area (Å²) in [6.07, 6.45) is 0. The summed E-state index contributed by atoms with van der Waals surface area (Å²) in [5, 5.41) is 35.2. The van der Waals surface area contributed by atoms with E-state index in [-0.39, 0.29) is 16.3 Å². The number of carbonyl (C=O) groups excluding carboxylic acids is 1. The molecule has 0 unspecified atom stereocenters. The van der Waals surface area contributed by atoms with Crippen molar-refractivity contribution in [1.82, 2.24) is 0 Å². The van der Waals surface area contributed by atoms with E-state index in [9.17, 15) is 35.1 Å². The summed E-state index contributed by atoms with van der Waals surface area (Å²) >= 11 is 5.66. The predicted octanol–water partition coefficient (Wildman–Crippen LogP) is 3.33. The minimum absolute atomic E-state index is 0.174. The van der Waals surface area contributed by atoms with Crippen molar-refractivity contribution in [1.29, 1.82) is 0 Å². The molecule has 27 heavy (non-hydrogen) atoms. The van der Waals surface area contributed by atoms with Crippen molar-refractivity contribution in [3.05, 3.63) is 71.3 Å². The molecule has 0 heterocycles. The summed E-state index contributed by atoms with van der Waals surface area (Å²) in [6.45, 7) is 0. The molecule has 0 aromatic heterocycles. The monoisotopic (exact) mass is 396 g/mol. The lowest BCUT2D eigenvalue weighted by Crippen LogP contribution is -2.13. The smallest absolute Gasteiger partial charge is 0.320 e. The molecule has 0 aliphatic carbocycles. The van der Waals surface area contributed by atoms with Crippen LogP contribution in [0.1, 0.15) is 10.4 Å². The zero-order valence-electron chi connectivity index (χ0n) is 13.4. The van der Waals surface area contributed by atoms with Gasteiger partial charge in [-0.1, -0.05) is 11.6 Å². The number of nitro groups is 3. The first kappa shape index (κ1) is 19.5. The number of methoxy groups -OCH3 is 1. The standard InChI is InChI=1S/C14H9ClN4O8/c1-27-13-11(18(23)24)5-8(6-12(13)19(25)26)16-14(20)7-2-3-9(15)10(4-7)17(21)22/h2-6H,1H3,(H,16,20). The molecule has 0 saturated carbocycles. The van der Waals surface area contributed by atoms with Gasteiger partial charge in [0.05, 0.1) is 27.6 Å². The van der Waals surface area contributed by atoms with Crippen LogP contribution < -0.4 is 10.1 Å². The Kier molecular flexibility index (Phi) is 5.51. The number of anilines is 1. The van der Waals surface area contributed by atoms with Crippen molar-refractivity contribution in [3.63, 3.8) is 0 Å². The van der Waals surface area contributed by atoms with Gasteiger partial charge in [0.2, 0.25) is 0 Å². The third-order valence-corrected chi connectivity index (χ3v) is 3.63. The van der Waals surface area contributed by atoms with Gasteiger partial charge in [0.25, 0.3) is 17.3 Å². The van der Waals surface area contributed by atoms with E-state index in [0.29, 0.717) is 0 Å². The van der Waals surface area contributed by atoms with Crippen LogP contribution in [0.2, 0.25) is 5.02 Å². The number of nitro benzene ring substituents is 3. The number of benzene rings is 2. The molecule has 140 valence electrons. The van der Waals surface area contributed by atoms with Crippen LogP contribution in [0.3, 0.4) is 0 Å². The van der Waals surface area contributed by atoms with Crippen molar-refractivity contribution >= 4 is 40.3 Å². The van der Waals surface area contributed by atoms with E-state index in [2.05, 4.69) is 5.32 Å². The SMILES string of the molecule is COc1c([N+](=O)[O-])cc(NC(=O)c2ccc(Cl)c([N+](=O)[O-])c2)cc1[N+](=O)[O-]. The number of halogens is 1. The molecule has 2 rings (SSSR count). The van der Waals surface area contributed by atoms with Crippen molar-refractivity contribution in [2.24, 2.45) is 0 Å². The molecule has 0 spiro atoms. The van der Waals surface area contributed by atoms with Crippen LogP contribution in [0, 0.1) is 30.3 Å². The molecule has 1 amide bonds. The van der Waals surface area contributed by atoms with Gasteiger partial charge in [-0.2, -0.15) is 0 Å². The Labute approximate surface area is 154 Å². The van der Waals surface area contributed by atoms with E-state index in [4.69, 9.17) is 16.3 Å². The second-order valence-electron chi connectivity index (χ2n) is 4.94. The van der Waals surface area contributed by atoms with Crippen LogP contribution in [0.5, 0.6) is 5.75 Å². The number of nitrogens with one attached hydrogen (secondary N) is 1. The number of amides is 1. The summed E-state index contributed by atoms with van der Waals surface area (Å²) < 4.78 is 4.71. The Morgan fingerprint density at radius 1 is 0.963 bits per heavy atom. The van der Waals surface area contributed by atoms with Gasteiger partial charge < -0.3 is 10.1 Å². The zero-order chi connectivity index (χ0) is 20.3. The van der Waals surface area contributed by atoms with Crippen molar-refractivity contribution in [3.8, 4) is 5.75 Å². The van der Waals surface area contributed by atoms with Crippen molar-refractivity contribution < 1.29 is 24.3 Å². The second-order valence-corrected chi connectivity index (χ2v) is 5.35. The van der Waals surface area contributed by atoms with E-state index in [1.54, 1.807) is 0 Å². The minimum Gasteiger partial charge on any atom is -0.485 e. The van der Waals surface area contributed by atoms with Gasteiger partial charge in [0.15, 0.2) is 0 Å². The van der Waals surface area contributed by atoms with E-state index >= 15 is 0 Å². The van der Waals surface area contributed by atoms with Crippen molar-refractivity contribution in [2.75, 3.05) is 12.4 Å². The number of ether oxygens (including phenoxy) is 1. The average Bonchev–Trinajstić information content (AvgIpc) is 2.60. The molecule has 2 aromatic rings. The molecule has 0 bridgehead atoms. The largest absolute Gasteiger partial charge is 0.485 e. The van der Waals surface area contributed by atoms with Gasteiger partial charge in [0, 0.05) is 23.8 Å². The first-order valence-electron chi connectivity index (χ1n) is 6.91. The number of rotatable bonds is 6. The fraction of sp³-hybridized carbons (Fsp3) is 0.0714. The van der Waals surface area contributed by atoms with Gasteiger partial charge in [-0.15, -0.1) is 0 Å². The van der Waals surface area contributed by atoms with Gasteiger partial charge in [-0.05, 0) is 12.1 Å². The van der Waals surface area contributed by atoms with Crippen LogP contribution in [0.15, 0.2) is 30.3 Å². The fourth-order valence-corrected chi connectivity index (χ4v) is 2.33. The highest BCUT2D eigenvalue weighted by atomic mass is 35.5. The minimum atomic E-state index is -0.908. The third kappa shape index (κ3) is 4.07. The van der Waals surface area contributed by atoms with Gasteiger partial charge in [-0.3, -0.25) is 35.1 Å². The predicted molar refractivity (Wildman–Crippen MR) is 92.4 cm³/mol. The van der Waals surface area contributed by atoms with E-state index in [1.807, 2.05) is 0 Å². The van der Waals surface area contributed by atoms with Gasteiger partial charge in [0.1, 0.15) is 5.02 Å². The summed E-state index contributed by atoms with van der Waals surface area (Å²) in [5.74, 6) is -1.46. The first-order chi connectivity index (χ1) is 12.6. The molecule has 13 heteroatoms. The van der Waals surface area contributed by atoms with Crippen LogP contribution in [-0.2, 0) is 0 Å². The normalized spacial score (nSPS) is 10.1. The quantitative estimate of drug-likeness (QED) is 0.572. The van der Waals surface area contributed by atoms with Gasteiger partial charge in [-0.25, -0.2) is 0 Å². The Morgan fingerprint density at radius 2 is 1.48 bits per heavy atom. The molecular formula is C14H9ClN4O8. The summed E-state index contributed by atoms with van der Waals surface area (Å²) in [7, 11) is 1.03. The summed E-state index contributed by atoms with van der Waals surface area (Å²) in [6, 6.07) is 4.97. The van der Waals surface area contributed by atoms with Crippen LogP contribution in [0.25, 0.3) is 0 Å². The number of nitrogens with zero attached hydrogens (tertiary/aromatic N) is 3. The van der Waals surface area contributed by atoms with Crippen LogP contribution >= 0.6 is 11.6 Å².